The van der Waals surface area contributed by atoms with Gasteiger partial charge in [-0.05, 0) is 63.9 Å². The molecule has 0 bridgehead atoms. The number of rotatable bonds is 3. The summed E-state index contributed by atoms with van der Waals surface area (Å²) in [4.78, 5) is 17.2. The van der Waals surface area contributed by atoms with Gasteiger partial charge in [0.25, 0.3) is 0 Å². The lowest BCUT2D eigenvalue weighted by atomic mass is 10.0. The van der Waals surface area contributed by atoms with Gasteiger partial charge in [-0.15, -0.1) is 0 Å². The van der Waals surface area contributed by atoms with Gasteiger partial charge in [-0.3, -0.25) is 4.90 Å². The van der Waals surface area contributed by atoms with E-state index < -0.39 is 0 Å². The third-order valence-corrected chi connectivity index (χ3v) is 6.18. The second-order valence-electron chi connectivity index (χ2n) is 7.69. The van der Waals surface area contributed by atoms with E-state index in [2.05, 4.69) is 78.5 Å². The highest BCUT2D eigenvalue weighted by Gasteiger charge is 2.22. The Morgan fingerprint density at radius 1 is 1.07 bits per heavy atom. The molecule has 0 aliphatic carbocycles. The average molecular weight is 507 g/mol. The number of aromatic amines is 1. The van der Waals surface area contributed by atoms with Crippen molar-refractivity contribution in [3.05, 3.63) is 74.8 Å². The molecule has 30 heavy (non-hydrogen) atoms. The minimum absolute atomic E-state index is 0.735. The third-order valence-electron chi connectivity index (χ3n) is 5.46. The van der Waals surface area contributed by atoms with Crippen molar-refractivity contribution in [2.24, 2.45) is 4.99 Å². The number of fused-ring (bicyclic) bond motifs is 1. The Labute approximate surface area is 190 Å². The van der Waals surface area contributed by atoms with Crippen molar-refractivity contribution in [1.29, 1.82) is 0 Å². The standard InChI is InChI=1S/C24H22IN5/c25-20-9-7-18(8-10-20)14-30-16-19-15-29(13-11-21(19)26-17-30)12-3-6-24-27-22-4-1-2-5-23(22)28-24/h1-2,4-5,7-10,17H,11-16H2,(H,27,28). The van der Waals surface area contributed by atoms with Gasteiger partial charge in [0.05, 0.1) is 23.9 Å². The highest BCUT2D eigenvalue weighted by Crippen LogP contribution is 2.23. The summed E-state index contributed by atoms with van der Waals surface area (Å²) in [7, 11) is 0. The van der Waals surface area contributed by atoms with Crippen molar-refractivity contribution >= 4 is 40.0 Å². The maximum Gasteiger partial charge on any atom is 0.183 e. The molecule has 5 nitrogen and oxygen atoms in total. The van der Waals surface area contributed by atoms with Crippen LogP contribution < -0.4 is 0 Å². The first kappa shape index (κ1) is 19.3. The highest BCUT2D eigenvalue weighted by molar-refractivity contribution is 14.1. The first-order chi connectivity index (χ1) is 14.7. The van der Waals surface area contributed by atoms with E-state index in [0.29, 0.717) is 0 Å². The number of hydrogen-bond donors (Lipinski definition) is 1. The number of nitrogens with zero attached hydrogens (tertiary/aromatic N) is 4. The van der Waals surface area contributed by atoms with Crippen LogP contribution in [0.1, 0.15) is 17.8 Å². The van der Waals surface area contributed by atoms with Crippen LogP contribution in [0.5, 0.6) is 0 Å². The van der Waals surface area contributed by atoms with E-state index in [1.54, 1.807) is 0 Å². The van der Waals surface area contributed by atoms with Gasteiger partial charge in [-0.1, -0.05) is 30.2 Å². The Hall–Kier alpha value is -2.63. The molecule has 150 valence electrons. The molecular formula is C24H22IN5. The van der Waals surface area contributed by atoms with Crippen molar-refractivity contribution in [2.75, 3.05) is 26.2 Å². The van der Waals surface area contributed by atoms with Crippen LogP contribution in [0, 0.1) is 15.4 Å². The SMILES string of the molecule is Ic1ccc(CN2C=NC3=C(C2)CN(CC#Cc2nc4ccccc4[nH]2)CC3)cc1. The van der Waals surface area contributed by atoms with Gasteiger partial charge in [-0.2, -0.15) is 0 Å². The van der Waals surface area contributed by atoms with Crippen LogP contribution in [0.15, 0.2) is 64.8 Å². The quantitative estimate of drug-likeness (QED) is 0.431. The van der Waals surface area contributed by atoms with Crippen LogP contribution in [0.25, 0.3) is 11.0 Å². The minimum atomic E-state index is 0.735. The second kappa shape index (κ2) is 8.62. The number of hydrogen-bond acceptors (Lipinski definition) is 4. The summed E-state index contributed by atoms with van der Waals surface area (Å²) < 4.78 is 1.26. The number of para-hydroxylation sites is 2. The summed E-state index contributed by atoms with van der Waals surface area (Å²) in [5.41, 5.74) is 5.98. The molecule has 0 spiro atoms. The zero-order valence-electron chi connectivity index (χ0n) is 16.6. The lowest BCUT2D eigenvalue weighted by Crippen LogP contribution is -2.38. The van der Waals surface area contributed by atoms with E-state index >= 15 is 0 Å². The van der Waals surface area contributed by atoms with Gasteiger partial charge in [0.1, 0.15) is 0 Å². The average Bonchev–Trinajstić information content (AvgIpc) is 3.18. The molecule has 3 aromatic rings. The molecule has 2 aromatic carbocycles. The van der Waals surface area contributed by atoms with Gasteiger partial charge in [0.2, 0.25) is 0 Å². The number of imidazole rings is 1. The van der Waals surface area contributed by atoms with E-state index in [0.717, 1.165) is 56.0 Å². The predicted octanol–water partition coefficient (Wildman–Crippen LogP) is 4.02. The molecule has 1 N–H and O–H groups in total. The number of nitrogens with one attached hydrogen (secondary N) is 1. The maximum atomic E-state index is 4.73. The molecular weight excluding hydrogens is 485 g/mol. The molecule has 0 saturated heterocycles. The Balaban J connectivity index is 1.20. The number of aliphatic imine (C=N–C) groups is 1. The Morgan fingerprint density at radius 2 is 1.93 bits per heavy atom. The molecule has 0 amide bonds. The van der Waals surface area contributed by atoms with Crippen molar-refractivity contribution in [3.8, 4) is 11.8 Å². The lowest BCUT2D eigenvalue weighted by molar-refractivity contribution is 0.300. The summed E-state index contributed by atoms with van der Waals surface area (Å²) in [5.74, 6) is 7.21. The lowest BCUT2D eigenvalue weighted by Gasteiger charge is -2.33. The van der Waals surface area contributed by atoms with Crippen LogP contribution in [-0.4, -0.2) is 52.3 Å². The van der Waals surface area contributed by atoms with Crippen molar-refractivity contribution < 1.29 is 0 Å². The summed E-state index contributed by atoms with van der Waals surface area (Å²) >= 11 is 2.34. The van der Waals surface area contributed by atoms with Crippen LogP contribution in [0.4, 0.5) is 0 Å². The highest BCUT2D eigenvalue weighted by atomic mass is 127. The van der Waals surface area contributed by atoms with Gasteiger partial charge >= 0.3 is 0 Å². The zero-order valence-corrected chi connectivity index (χ0v) is 18.8. The van der Waals surface area contributed by atoms with Gasteiger partial charge in [0, 0.05) is 41.9 Å². The fraction of sp³-hybridized carbons (Fsp3) is 0.250. The Morgan fingerprint density at radius 3 is 2.80 bits per heavy atom. The van der Waals surface area contributed by atoms with Crippen molar-refractivity contribution in [3.63, 3.8) is 0 Å². The van der Waals surface area contributed by atoms with Crippen LogP contribution in [-0.2, 0) is 6.54 Å². The Bertz CT molecular complexity index is 1150. The molecule has 0 atom stereocenters. The van der Waals surface area contributed by atoms with Gasteiger partial charge in [-0.25, -0.2) is 9.98 Å². The monoisotopic (exact) mass is 507 g/mol. The molecule has 0 unspecified atom stereocenters. The normalized spacial score (nSPS) is 16.5. The van der Waals surface area contributed by atoms with Gasteiger partial charge < -0.3 is 9.88 Å². The molecule has 5 rings (SSSR count). The minimum Gasteiger partial charge on any atom is -0.354 e. The largest absolute Gasteiger partial charge is 0.354 e. The first-order valence-corrected chi connectivity index (χ1v) is 11.2. The van der Waals surface area contributed by atoms with Crippen LogP contribution in [0.3, 0.4) is 0 Å². The third kappa shape index (κ3) is 4.42. The molecule has 0 fully saturated rings. The summed E-state index contributed by atoms with van der Waals surface area (Å²) in [6, 6.07) is 16.7. The van der Waals surface area contributed by atoms with Crippen molar-refractivity contribution in [2.45, 2.75) is 13.0 Å². The molecule has 0 radical (unpaired) electrons. The Kier molecular flexibility index (Phi) is 5.56. The summed E-state index contributed by atoms with van der Waals surface area (Å²) in [5, 5.41) is 0. The first-order valence-electron chi connectivity index (χ1n) is 10.1. The number of H-pyrrole nitrogens is 1. The number of halogens is 1. The topological polar surface area (TPSA) is 47.5 Å². The van der Waals surface area contributed by atoms with Crippen LogP contribution >= 0.6 is 22.6 Å². The fourth-order valence-electron chi connectivity index (χ4n) is 3.92. The zero-order chi connectivity index (χ0) is 20.3. The van der Waals surface area contributed by atoms with Crippen molar-refractivity contribution in [1.82, 2.24) is 19.8 Å². The molecule has 2 aliphatic heterocycles. The van der Waals surface area contributed by atoms with Gasteiger partial charge in [0.15, 0.2) is 5.82 Å². The molecule has 3 heterocycles. The molecule has 0 saturated carbocycles. The van der Waals surface area contributed by atoms with E-state index in [4.69, 9.17) is 4.99 Å². The predicted molar refractivity (Wildman–Crippen MR) is 129 cm³/mol. The van der Waals surface area contributed by atoms with E-state index in [1.807, 2.05) is 30.6 Å². The molecule has 6 heteroatoms. The second-order valence-corrected chi connectivity index (χ2v) is 8.94. The molecule has 1 aromatic heterocycles. The fourth-order valence-corrected chi connectivity index (χ4v) is 4.28. The van der Waals surface area contributed by atoms with E-state index in [-0.39, 0.29) is 0 Å². The summed E-state index contributed by atoms with van der Waals surface area (Å²) in [6.45, 7) is 4.52. The van der Waals surface area contributed by atoms with E-state index in [1.165, 1.54) is 20.4 Å². The van der Waals surface area contributed by atoms with Crippen LogP contribution in [0.2, 0.25) is 0 Å². The molecule has 2 aliphatic rings. The number of benzene rings is 2. The maximum absolute atomic E-state index is 4.73. The number of aromatic nitrogens is 2. The smallest absolute Gasteiger partial charge is 0.183 e. The summed E-state index contributed by atoms with van der Waals surface area (Å²) in [6.07, 6.45) is 3.00. The van der Waals surface area contributed by atoms with E-state index in [9.17, 15) is 0 Å².